The van der Waals surface area contributed by atoms with Gasteiger partial charge in [-0.25, -0.2) is 0 Å². The highest BCUT2D eigenvalue weighted by molar-refractivity contribution is 5.90. The van der Waals surface area contributed by atoms with Crippen molar-refractivity contribution in [3.05, 3.63) is 35.4 Å². The first-order chi connectivity index (χ1) is 8.93. The molecule has 1 atom stereocenters. The van der Waals surface area contributed by atoms with Gasteiger partial charge in [-0.15, -0.1) is 0 Å². The number of hydrogen-bond donors (Lipinski definition) is 3. The molecule has 0 aliphatic carbocycles. The zero-order valence-electron chi connectivity index (χ0n) is 11.6. The molecule has 0 bridgehead atoms. The van der Waals surface area contributed by atoms with Crippen molar-refractivity contribution in [2.24, 2.45) is 16.8 Å². The number of nitrogens with zero attached hydrogens (tertiary/aromatic N) is 1. The summed E-state index contributed by atoms with van der Waals surface area (Å²) in [7, 11) is 0. The van der Waals surface area contributed by atoms with Crippen molar-refractivity contribution in [3.8, 4) is 0 Å². The first kappa shape index (κ1) is 15.0. The molecular weight excluding hydrogens is 242 g/mol. The number of nitrogens with one attached hydrogen (secondary N) is 1. The zero-order chi connectivity index (χ0) is 14.4. The van der Waals surface area contributed by atoms with Crippen molar-refractivity contribution >= 4 is 11.7 Å². The molecule has 1 unspecified atom stereocenters. The van der Waals surface area contributed by atoms with Gasteiger partial charge in [-0.2, -0.15) is 0 Å². The molecular formula is C14H21N3O2. The van der Waals surface area contributed by atoms with Gasteiger partial charge in [0.05, 0.1) is 12.5 Å². The zero-order valence-corrected chi connectivity index (χ0v) is 11.6. The van der Waals surface area contributed by atoms with Gasteiger partial charge >= 0.3 is 0 Å². The molecule has 104 valence electrons. The maximum atomic E-state index is 11.9. The molecule has 1 amide bonds. The summed E-state index contributed by atoms with van der Waals surface area (Å²) in [5.41, 5.74) is 7.65. The van der Waals surface area contributed by atoms with Crippen LogP contribution in [0.25, 0.3) is 0 Å². The molecule has 1 aromatic carbocycles. The van der Waals surface area contributed by atoms with E-state index in [1.165, 1.54) is 0 Å². The van der Waals surface area contributed by atoms with E-state index in [1.807, 2.05) is 45.0 Å². The van der Waals surface area contributed by atoms with Gasteiger partial charge in [0.15, 0.2) is 5.84 Å². The first-order valence-electron chi connectivity index (χ1n) is 6.26. The molecule has 0 aromatic heterocycles. The number of nitrogens with two attached hydrogens (primary N) is 1. The Labute approximate surface area is 113 Å². The highest BCUT2D eigenvalue weighted by Crippen LogP contribution is 2.06. The van der Waals surface area contributed by atoms with Gasteiger partial charge in [0.1, 0.15) is 0 Å². The van der Waals surface area contributed by atoms with E-state index in [0.717, 1.165) is 11.1 Å². The van der Waals surface area contributed by atoms with Gasteiger partial charge in [0.25, 0.3) is 0 Å². The van der Waals surface area contributed by atoms with Crippen LogP contribution in [-0.4, -0.2) is 23.0 Å². The lowest BCUT2D eigenvalue weighted by Crippen LogP contribution is -2.48. The standard InChI is InChI=1S/C14H21N3O2/c1-9(2)13(14(15)17-19)16-12(18)8-11-6-4-10(3)5-7-11/h4-7,9,13,19H,8H2,1-3H3,(H2,15,17)(H,16,18). The molecule has 0 aliphatic rings. The monoisotopic (exact) mass is 263 g/mol. The summed E-state index contributed by atoms with van der Waals surface area (Å²) in [6.45, 7) is 5.79. The Bertz CT molecular complexity index is 452. The van der Waals surface area contributed by atoms with Gasteiger partial charge in [0.2, 0.25) is 5.91 Å². The number of amides is 1. The van der Waals surface area contributed by atoms with E-state index >= 15 is 0 Å². The minimum atomic E-state index is -0.456. The average molecular weight is 263 g/mol. The number of benzene rings is 1. The molecule has 1 rings (SSSR count). The lowest BCUT2D eigenvalue weighted by atomic mass is 10.0. The third-order valence-corrected chi connectivity index (χ3v) is 2.90. The number of rotatable bonds is 5. The van der Waals surface area contributed by atoms with Crippen molar-refractivity contribution in [1.82, 2.24) is 5.32 Å². The van der Waals surface area contributed by atoms with Gasteiger partial charge in [-0.1, -0.05) is 48.8 Å². The van der Waals surface area contributed by atoms with E-state index in [9.17, 15) is 4.79 Å². The third-order valence-electron chi connectivity index (χ3n) is 2.90. The minimum absolute atomic E-state index is 0.0206. The molecule has 0 saturated heterocycles. The molecule has 19 heavy (non-hydrogen) atoms. The second-order valence-electron chi connectivity index (χ2n) is 4.98. The molecule has 0 radical (unpaired) electrons. The number of aryl methyl sites for hydroxylation is 1. The highest BCUT2D eigenvalue weighted by Gasteiger charge is 2.20. The van der Waals surface area contributed by atoms with Crippen LogP contribution in [0.2, 0.25) is 0 Å². The highest BCUT2D eigenvalue weighted by atomic mass is 16.4. The SMILES string of the molecule is Cc1ccc(CC(=O)NC(C(N)=NO)C(C)C)cc1. The molecule has 4 N–H and O–H groups in total. The van der Waals surface area contributed by atoms with Crippen LogP contribution in [0.5, 0.6) is 0 Å². The lowest BCUT2D eigenvalue weighted by Gasteiger charge is -2.20. The predicted molar refractivity (Wildman–Crippen MR) is 75.1 cm³/mol. The fourth-order valence-corrected chi connectivity index (χ4v) is 1.76. The van der Waals surface area contributed by atoms with E-state index in [-0.39, 0.29) is 24.1 Å². The van der Waals surface area contributed by atoms with Crippen molar-refractivity contribution in [2.45, 2.75) is 33.2 Å². The van der Waals surface area contributed by atoms with Crippen LogP contribution in [0, 0.1) is 12.8 Å². The average Bonchev–Trinajstić information content (AvgIpc) is 2.37. The van der Waals surface area contributed by atoms with Crippen molar-refractivity contribution in [1.29, 1.82) is 0 Å². The smallest absolute Gasteiger partial charge is 0.225 e. The summed E-state index contributed by atoms with van der Waals surface area (Å²) in [4.78, 5) is 11.9. The van der Waals surface area contributed by atoms with Crippen molar-refractivity contribution < 1.29 is 10.0 Å². The van der Waals surface area contributed by atoms with Crippen LogP contribution in [0.3, 0.4) is 0 Å². The Morgan fingerprint density at radius 2 is 1.95 bits per heavy atom. The Morgan fingerprint density at radius 1 is 1.37 bits per heavy atom. The van der Waals surface area contributed by atoms with Crippen LogP contribution in [0.4, 0.5) is 0 Å². The summed E-state index contributed by atoms with van der Waals surface area (Å²) in [6, 6.07) is 7.31. The Balaban J connectivity index is 2.65. The molecule has 0 aliphatic heterocycles. The lowest BCUT2D eigenvalue weighted by molar-refractivity contribution is -0.121. The molecule has 5 heteroatoms. The number of oxime groups is 1. The van der Waals surface area contributed by atoms with E-state index in [2.05, 4.69) is 10.5 Å². The number of amidine groups is 1. The van der Waals surface area contributed by atoms with Crippen LogP contribution in [0.1, 0.15) is 25.0 Å². The Kier molecular flexibility index (Phi) is 5.36. The molecule has 0 fully saturated rings. The van der Waals surface area contributed by atoms with E-state index in [0.29, 0.717) is 0 Å². The summed E-state index contributed by atoms with van der Waals surface area (Å²) >= 11 is 0. The summed E-state index contributed by atoms with van der Waals surface area (Å²) in [5, 5.41) is 14.4. The van der Waals surface area contributed by atoms with Gasteiger partial charge in [-0.05, 0) is 18.4 Å². The number of carbonyl (C=O) groups is 1. The molecule has 5 nitrogen and oxygen atoms in total. The van der Waals surface area contributed by atoms with Crippen molar-refractivity contribution in [2.75, 3.05) is 0 Å². The summed E-state index contributed by atoms with van der Waals surface area (Å²) in [5.74, 6) is -0.0701. The molecule has 0 heterocycles. The van der Waals surface area contributed by atoms with Crippen LogP contribution >= 0.6 is 0 Å². The van der Waals surface area contributed by atoms with E-state index in [4.69, 9.17) is 10.9 Å². The second kappa shape index (κ2) is 6.78. The van der Waals surface area contributed by atoms with Crippen LogP contribution in [0.15, 0.2) is 29.4 Å². The van der Waals surface area contributed by atoms with Crippen molar-refractivity contribution in [3.63, 3.8) is 0 Å². The molecule has 1 aromatic rings. The van der Waals surface area contributed by atoms with E-state index in [1.54, 1.807) is 0 Å². The third kappa shape index (κ3) is 4.62. The van der Waals surface area contributed by atoms with Gasteiger partial charge in [-0.3, -0.25) is 4.79 Å². The Hall–Kier alpha value is -2.04. The van der Waals surface area contributed by atoms with Gasteiger partial charge in [0, 0.05) is 0 Å². The van der Waals surface area contributed by atoms with Crippen LogP contribution < -0.4 is 11.1 Å². The normalized spacial score (nSPS) is 13.4. The van der Waals surface area contributed by atoms with E-state index < -0.39 is 6.04 Å². The molecule has 0 saturated carbocycles. The quantitative estimate of drug-likeness (QED) is 0.325. The number of carbonyl (C=O) groups excluding carboxylic acids is 1. The predicted octanol–water partition coefficient (Wildman–Crippen LogP) is 1.42. The van der Waals surface area contributed by atoms with Gasteiger partial charge < -0.3 is 16.3 Å². The molecule has 0 spiro atoms. The maximum absolute atomic E-state index is 11.9. The largest absolute Gasteiger partial charge is 0.409 e. The second-order valence-corrected chi connectivity index (χ2v) is 4.98. The minimum Gasteiger partial charge on any atom is -0.409 e. The summed E-state index contributed by atoms with van der Waals surface area (Å²) in [6.07, 6.45) is 0.280. The Morgan fingerprint density at radius 3 is 2.42 bits per heavy atom. The topological polar surface area (TPSA) is 87.7 Å². The number of hydrogen-bond acceptors (Lipinski definition) is 3. The fourth-order valence-electron chi connectivity index (χ4n) is 1.76. The van der Waals surface area contributed by atoms with Crippen LogP contribution in [-0.2, 0) is 11.2 Å². The summed E-state index contributed by atoms with van der Waals surface area (Å²) < 4.78 is 0. The first-order valence-corrected chi connectivity index (χ1v) is 6.26. The maximum Gasteiger partial charge on any atom is 0.225 e. The fraction of sp³-hybridized carbons (Fsp3) is 0.429.